The lowest BCUT2D eigenvalue weighted by Gasteiger charge is -2.39. The Hall–Kier alpha value is -1.38. The predicted octanol–water partition coefficient (Wildman–Crippen LogP) is 4.32. The zero-order valence-corrected chi connectivity index (χ0v) is 14.1. The fraction of sp³-hybridized carbons (Fsp3) is 0.667. The van der Waals surface area contributed by atoms with Gasteiger partial charge in [-0.05, 0) is 44.1 Å². The Bertz CT molecular complexity index is 469. The van der Waals surface area contributed by atoms with Crippen LogP contribution in [0.3, 0.4) is 0 Å². The first kappa shape index (κ1) is 16.0. The van der Waals surface area contributed by atoms with Crippen LogP contribution >= 0.6 is 0 Å². The Kier molecular flexibility index (Phi) is 4.70. The molecule has 0 aliphatic carbocycles. The molecule has 21 heavy (non-hydrogen) atoms. The first-order chi connectivity index (χ1) is 9.75. The van der Waals surface area contributed by atoms with Gasteiger partial charge in [-0.3, -0.25) is 0 Å². The van der Waals surface area contributed by atoms with Gasteiger partial charge in [0.2, 0.25) is 0 Å². The third kappa shape index (κ3) is 4.29. The van der Waals surface area contributed by atoms with Crippen molar-refractivity contribution in [3.05, 3.63) is 18.2 Å². The van der Waals surface area contributed by atoms with E-state index in [4.69, 9.17) is 10.5 Å². The number of hydrogen-bond acceptors (Lipinski definition) is 3. The Balaban J connectivity index is 2.08. The average molecular weight is 290 g/mol. The Morgan fingerprint density at radius 3 is 2.29 bits per heavy atom. The standard InChI is InChI=1S/C18H30N2O/c1-13(2)21-17-11-15(19)10-16(12-17)20-8-6-14(7-9-20)18(3,4)5/h10-14H,6-9,19H2,1-5H3. The van der Waals surface area contributed by atoms with E-state index in [1.165, 1.54) is 18.5 Å². The zero-order chi connectivity index (χ0) is 15.6. The van der Waals surface area contributed by atoms with Crippen molar-refractivity contribution in [3.8, 4) is 5.75 Å². The first-order valence-electron chi connectivity index (χ1n) is 8.08. The van der Waals surface area contributed by atoms with E-state index >= 15 is 0 Å². The summed E-state index contributed by atoms with van der Waals surface area (Å²) in [6.45, 7) is 13.3. The summed E-state index contributed by atoms with van der Waals surface area (Å²) in [7, 11) is 0. The van der Waals surface area contributed by atoms with Crippen LogP contribution in [-0.2, 0) is 0 Å². The van der Waals surface area contributed by atoms with Crippen molar-refractivity contribution in [1.82, 2.24) is 0 Å². The summed E-state index contributed by atoms with van der Waals surface area (Å²) in [6.07, 6.45) is 2.67. The minimum atomic E-state index is 0.172. The molecule has 3 heteroatoms. The minimum absolute atomic E-state index is 0.172. The van der Waals surface area contributed by atoms with Gasteiger partial charge in [0.15, 0.2) is 0 Å². The molecule has 1 heterocycles. The Morgan fingerprint density at radius 2 is 1.76 bits per heavy atom. The van der Waals surface area contributed by atoms with Crippen LogP contribution in [0.25, 0.3) is 0 Å². The summed E-state index contributed by atoms with van der Waals surface area (Å²) in [4.78, 5) is 2.44. The smallest absolute Gasteiger partial charge is 0.123 e. The Labute approximate surface area is 129 Å². The molecular weight excluding hydrogens is 260 g/mol. The van der Waals surface area contributed by atoms with Crippen LogP contribution < -0.4 is 15.4 Å². The lowest BCUT2D eigenvalue weighted by atomic mass is 9.75. The fourth-order valence-corrected chi connectivity index (χ4v) is 3.13. The number of nitrogens with two attached hydrogens (primary N) is 1. The Morgan fingerprint density at radius 1 is 1.14 bits per heavy atom. The van der Waals surface area contributed by atoms with Gasteiger partial charge in [-0.25, -0.2) is 0 Å². The molecule has 1 aromatic carbocycles. The van der Waals surface area contributed by atoms with Gasteiger partial charge >= 0.3 is 0 Å². The van der Waals surface area contributed by atoms with E-state index in [1.807, 2.05) is 19.9 Å². The van der Waals surface area contributed by atoms with Crippen LogP contribution in [0.1, 0.15) is 47.5 Å². The van der Waals surface area contributed by atoms with Gasteiger partial charge in [-0.1, -0.05) is 20.8 Å². The van der Waals surface area contributed by atoms with E-state index in [1.54, 1.807) is 0 Å². The molecule has 0 radical (unpaired) electrons. The van der Waals surface area contributed by atoms with E-state index in [0.29, 0.717) is 5.41 Å². The van der Waals surface area contributed by atoms with Crippen molar-refractivity contribution in [2.24, 2.45) is 11.3 Å². The number of hydrogen-bond donors (Lipinski definition) is 1. The molecule has 0 unspecified atom stereocenters. The van der Waals surface area contributed by atoms with E-state index in [2.05, 4.69) is 37.8 Å². The molecule has 1 aromatic rings. The van der Waals surface area contributed by atoms with Gasteiger partial charge in [0, 0.05) is 36.6 Å². The highest BCUT2D eigenvalue weighted by Gasteiger charge is 2.28. The predicted molar refractivity (Wildman–Crippen MR) is 91.0 cm³/mol. The van der Waals surface area contributed by atoms with E-state index in [0.717, 1.165) is 30.4 Å². The molecule has 1 fully saturated rings. The first-order valence-corrected chi connectivity index (χ1v) is 8.08. The van der Waals surface area contributed by atoms with Crippen LogP contribution in [0.4, 0.5) is 11.4 Å². The van der Waals surface area contributed by atoms with Crippen molar-refractivity contribution < 1.29 is 4.74 Å². The molecule has 1 aliphatic heterocycles. The molecule has 0 spiro atoms. The molecule has 1 aliphatic rings. The third-order valence-corrected chi connectivity index (χ3v) is 4.37. The number of nitrogen functional groups attached to an aromatic ring is 1. The van der Waals surface area contributed by atoms with Crippen LogP contribution in [-0.4, -0.2) is 19.2 Å². The van der Waals surface area contributed by atoms with Crippen molar-refractivity contribution in [2.75, 3.05) is 23.7 Å². The summed E-state index contributed by atoms with van der Waals surface area (Å²) in [5, 5.41) is 0. The molecule has 118 valence electrons. The van der Waals surface area contributed by atoms with E-state index in [-0.39, 0.29) is 6.10 Å². The minimum Gasteiger partial charge on any atom is -0.491 e. The second-order valence-corrected chi connectivity index (χ2v) is 7.55. The molecule has 0 bridgehead atoms. The highest BCUT2D eigenvalue weighted by molar-refractivity contribution is 5.60. The highest BCUT2D eigenvalue weighted by atomic mass is 16.5. The second-order valence-electron chi connectivity index (χ2n) is 7.55. The van der Waals surface area contributed by atoms with Gasteiger partial charge in [-0.2, -0.15) is 0 Å². The van der Waals surface area contributed by atoms with Gasteiger partial charge < -0.3 is 15.4 Å². The number of ether oxygens (including phenoxy) is 1. The lowest BCUT2D eigenvalue weighted by molar-refractivity contribution is 0.199. The van der Waals surface area contributed by atoms with Crippen LogP contribution in [0.5, 0.6) is 5.75 Å². The van der Waals surface area contributed by atoms with Gasteiger partial charge in [-0.15, -0.1) is 0 Å². The molecule has 0 amide bonds. The number of rotatable bonds is 3. The van der Waals surface area contributed by atoms with Crippen molar-refractivity contribution in [1.29, 1.82) is 0 Å². The summed E-state index contributed by atoms with van der Waals surface area (Å²) >= 11 is 0. The second kappa shape index (κ2) is 6.17. The lowest BCUT2D eigenvalue weighted by Crippen LogP contribution is -2.38. The summed E-state index contributed by atoms with van der Waals surface area (Å²) < 4.78 is 5.80. The normalized spacial score (nSPS) is 17.3. The molecule has 0 aromatic heterocycles. The number of nitrogens with zero attached hydrogens (tertiary/aromatic N) is 1. The average Bonchev–Trinajstić information content (AvgIpc) is 2.36. The summed E-state index contributed by atoms with van der Waals surface area (Å²) in [6, 6.07) is 6.09. The van der Waals surface area contributed by atoms with Crippen molar-refractivity contribution in [3.63, 3.8) is 0 Å². The zero-order valence-electron chi connectivity index (χ0n) is 14.1. The summed E-state index contributed by atoms with van der Waals surface area (Å²) in [5.74, 6) is 1.68. The van der Waals surface area contributed by atoms with E-state index < -0.39 is 0 Å². The summed E-state index contributed by atoms with van der Waals surface area (Å²) in [5.41, 5.74) is 8.41. The number of benzene rings is 1. The van der Waals surface area contributed by atoms with Gasteiger partial charge in [0.1, 0.15) is 5.75 Å². The molecule has 2 rings (SSSR count). The van der Waals surface area contributed by atoms with Gasteiger partial charge in [0.05, 0.1) is 6.10 Å². The largest absolute Gasteiger partial charge is 0.491 e. The molecule has 3 nitrogen and oxygen atoms in total. The SMILES string of the molecule is CC(C)Oc1cc(N)cc(N2CCC(C(C)(C)C)CC2)c1. The highest BCUT2D eigenvalue weighted by Crippen LogP contribution is 2.36. The molecule has 0 saturated carbocycles. The molecule has 0 atom stereocenters. The maximum Gasteiger partial charge on any atom is 0.123 e. The molecule has 1 saturated heterocycles. The number of piperidine rings is 1. The topological polar surface area (TPSA) is 38.5 Å². The van der Waals surface area contributed by atoms with Crippen LogP contribution in [0.15, 0.2) is 18.2 Å². The maximum absolute atomic E-state index is 6.03. The van der Waals surface area contributed by atoms with Crippen molar-refractivity contribution >= 4 is 11.4 Å². The quantitative estimate of drug-likeness (QED) is 0.843. The van der Waals surface area contributed by atoms with Crippen molar-refractivity contribution in [2.45, 2.75) is 53.6 Å². The fourth-order valence-electron chi connectivity index (χ4n) is 3.13. The van der Waals surface area contributed by atoms with Gasteiger partial charge in [0.25, 0.3) is 0 Å². The molecular formula is C18H30N2O. The monoisotopic (exact) mass is 290 g/mol. The third-order valence-electron chi connectivity index (χ3n) is 4.37. The van der Waals surface area contributed by atoms with E-state index in [9.17, 15) is 0 Å². The van der Waals surface area contributed by atoms with Crippen LogP contribution in [0.2, 0.25) is 0 Å². The number of anilines is 2. The maximum atomic E-state index is 6.03. The molecule has 2 N–H and O–H groups in total. The van der Waals surface area contributed by atoms with Crippen LogP contribution in [0, 0.1) is 11.3 Å².